The van der Waals surface area contributed by atoms with Crippen LogP contribution in [0.3, 0.4) is 0 Å². The molecule has 29 heavy (non-hydrogen) atoms. The van der Waals surface area contributed by atoms with E-state index in [2.05, 4.69) is 10.2 Å². The maximum absolute atomic E-state index is 12.4. The predicted molar refractivity (Wildman–Crippen MR) is 112 cm³/mol. The SMILES string of the molecule is Cc1ccc(NC(=O)[C@@H](C)OC(=O)c2ccc(CN3CCOCC3)cc2)c(C)c1. The van der Waals surface area contributed by atoms with Crippen molar-refractivity contribution in [1.82, 2.24) is 4.90 Å². The first-order valence-electron chi connectivity index (χ1n) is 9.90. The van der Waals surface area contributed by atoms with Crippen molar-refractivity contribution < 1.29 is 19.1 Å². The normalized spacial score (nSPS) is 15.6. The average Bonchev–Trinajstić information content (AvgIpc) is 2.71. The molecule has 0 aromatic heterocycles. The van der Waals surface area contributed by atoms with Crippen molar-refractivity contribution in [3.63, 3.8) is 0 Å². The maximum Gasteiger partial charge on any atom is 0.338 e. The van der Waals surface area contributed by atoms with Crippen LogP contribution in [-0.2, 0) is 20.8 Å². The van der Waals surface area contributed by atoms with E-state index in [4.69, 9.17) is 9.47 Å². The van der Waals surface area contributed by atoms with Gasteiger partial charge in [0, 0.05) is 25.3 Å². The first-order chi connectivity index (χ1) is 13.9. The van der Waals surface area contributed by atoms with Crippen molar-refractivity contribution in [1.29, 1.82) is 0 Å². The minimum atomic E-state index is -0.892. The average molecular weight is 396 g/mol. The molecule has 1 aliphatic rings. The Morgan fingerprint density at radius 1 is 1.10 bits per heavy atom. The standard InChI is InChI=1S/C23H28N2O4/c1-16-4-9-21(17(2)14-16)24-22(26)18(3)29-23(27)20-7-5-19(6-8-20)15-25-10-12-28-13-11-25/h4-9,14,18H,10-13,15H2,1-3H3,(H,24,26)/t18-/m1/s1. The quantitative estimate of drug-likeness (QED) is 0.759. The van der Waals surface area contributed by atoms with Crippen LogP contribution in [0.2, 0.25) is 0 Å². The summed E-state index contributed by atoms with van der Waals surface area (Å²) in [6.07, 6.45) is -0.892. The molecule has 6 heteroatoms. The lowest BCUT2D eigenvalue weighted by Gasteiger charge is -2.26. The number of anilines is 1. The van der Waals surface area contributed by atoms with Crippen LogP contribution in [0.15, 0.2) is 42.5 Å². The second-order valence-corrected chi connectivity index (χ2v) is 7.44. The van der Waals surface area contributed by atoms with E-state index in [0.717, 1.165) is 55.2 Å². The zero-order valence-corrected chi connectivity index (χ0v) is 17.2. The van der Waals surface area contributed by atoms with Crippen LogP contribution < -0.4 is 5.32 Å². The summed E-state index contributed by atoms with van der Waals surface area (Å²) in [5, 5.41) is 2.82. The molecule has 6 nitrogen and oxygen atoms in total. The lowest BCUT2D eigenvalue weighted by molar-refractivity contribution is -0.123. The molecule has 0 radical (unpaired) electrons. The topological polar surface area (TPSA) is 67.9 Å². The van der Waals surface area contributed by atoms with Crippen LogP contribution in [0.4, 0.5) is 5.69 Å². The Morgan fingerprint density at radius 3 is 2.45 bits per heavy atom. The molecule has 2 aromatic rings. The summed E-state index contributed by atoms with van der Waals surface area (Å²) < 4.78 is 10.7. The van der Waals surface area contributed by atoms with Crippen molar-refractivity contribution in [2.75, 3.05) is 31.6 Å². The Balaban J connectivity index is 1.53. The van der Waals surface area contributed by atoms with Gasteiger partial charge < -0.3 is 14.8 Å². The highest BCUT2D eigenvalue weighted by atomic mass is 16.5. The number of benzene rings is 2. The molecule has 0 bridgehead atoms. The Hall–Kier alpha value is -2.70. The summed E-state index contributed by atoms with van der Waals surface area (Å²) in [6.45, 7) is 9.66. The number of rotatable bonds is 6. The predicted octanol–water partition coefficient (Wildman–Crippen LogP) is 3.32. The number of nitrogens with zero attached hydrogens (tertiary/aromatic N) is 1. The van der Waals surface area contributed by atoms with Crippen molar-refractivity contribution >= 4 is 17.6 Å². The van der Waals surface area contributed by atoms with Crippen LogP contribution in [-0.4, -0.2) is 49.2 Å². The Morgan fingerprint density at radius 2 is 1.79 bits per heavy atom. The number of esters is 1. The summed E-state index contributed by atoms with van der Waals surface area (Å²) in [6, 6.07) is 13.1. The molecule has 0 unspecified atom stereocenters. The molecule has 0 aliphatic carbocycles. The number of aryl methyl sites for hydroxylation is 2. The van der Waals surface area contributed by atoms with E-state index < -0.39 is 12.1 Å². The minimum Gasteiger partial charge on any atom is -0.449 e. The van der Waals surface area contributed by atoms with E-state index in [-0.39, 0.29) is 5.91 Å². The highest BCUT2D eigenvalue weighted by molar-refractivity contribution is 5.97. The summed E-state index contributed by atoms with van der Waals surface area (Å²) in [7, 11) is 0. The molecule has 1 fully saturated rings. The monoisotopic (exact) mass is 396 g/mol. The smallest absolute Gasteiger partial charge is 0.338 e. The van der Waals surface area contributed by atoms with Gasteiger partial charge in [0.25, 0.3) is 5.91 Å². The molecule has 1 atom stereocenters. The largest absolute Gasteiger partial charge is 0.449 e. The highest BCUT2D eigenvalue weighted by Crippen LogP contribution is 2.17. The third kappa shape index (κ3) is 5.89. The zero-order chi connectivity index (χ0) is 20.8. The van der Waals surface area contributed by atoms with E-state index in [0.29, 0.717) is 5.56 Å². The van der Waals surface area contributed by atoms with Crippen molar-refractivity contribution in [2.45, 2.75) is 33.4 Å². The van der Waals surface area contributed by atoms with Gasteiger partial charge >= 0.3 is 5.97 Å². The van der Waals surface area contributed by atoms with Gasteiger partial charge in [0.05, 0.1) is 18.8 Å². The number of morpholine rings is 1. The fourth-order valence-corrected chi connectivity index (χ4v) is 3.23. The second kappa shape index (κ2) is 9.67. The molecule has 1 aliphatic heterocycles. The molecule has 1 heterocycles. The molecule has 0 saturated carbocycles. The van der Waals surface area contributed by atoms with Crippen molar-refractivity contribution in [3.05, 3.63) is 64.7 Å². The summed E-state index contributed by atoms with van der Waals surface area (Å²) in [4.78, 5) is 27.1. The summed E-state index contributed by atoms with van der Waals surface area (Å²) in [5.41, 5.74) is 4.37. The summed E-state index contributed by atoms with van der Waals surface area (Å²) in [5.74, 6) is -0.861. The van der Waals surface area contributed by atoms with E-state index >= 15 is 0 Å². The van der Waals surface area contributed by atoms with E-state index in [1.165, 1.54) is 0 Å². The maximum atomic E-state index is 12.4. The first kappa shape index (κ1) is 21.0. The molecule has 1 saturated heterocycles. The van der Waals surface area contributed by atoms with Gasteiger partial charge in [-0.1, -0.05) is 29.8 Å². The van der Waals surface area contributed by atoms with Crippen molar-refractivity contribution in [3.8, 4) is 0 Å². The number of nitrogens with one attached hydrogen (secondary N) is 1. The molecule has 1 N–H and O–H groups in total. The third-order valence-electron chi connectivity index (χ3n) is 4.99. The summed E-state index contributed by atoms with van der Waals surface area (Å²) >= 11 is 0. The van der Waals surface area contributed by atoms with E-state index in [9.17, 15) is 9.59 Å². The van der Waals surface area contributed by atoms with Crippen LogP contribution in [0.5, 0.6) is 0 Å². The van der Waals surface area contributed by atoms with Gasteiger partial charge in [-0.3, -0.25) is 9.69 Å². The lowest BCUT2D eigenvalue weighted by Crippen LogP contribution is -2.35. The van der Waals surface area contributed by atoms with Crippen LogP contribution in [0.1, 0.15) is 34.0 Å². The van der Waals surface area contributed by atoms with Gasteiger partial charge in [0.2, 0.25) is 0 Å². The Kier molecular flexibility index (Phi) is 7.01. The molecular weight excluding hydrogens is 368 g/mol. The van der Waals surface area contributed by atoms with Gasteiger partial charge in [-0.25, -0.2) is 4.79 Å². The number of ether oxygens (including phenoxy) is 2. The van der Waals surface area contributed by atoms with Crippen LogP contribution in [0, 0.1) is 13.8 Å². The third-order valence-corrected chi connectivity index (χ3v) is 4.99. The Labute approximate surface area is 171 Å². The van der Waals surface area contributed by atoms with Crippen LogP contribution >= 0.6 is 0 Å². The number of hydrogen-bond donors (Lipinski definition) is 1. The number of carbonyl (C=O) groups excluding carboxylic acids is 2. The molecule has 3 rings (SSSR count). The number of hydrogen-bond acceptors (Lipinski definition) is 5. The zero-order valence-electron chi connectivity index (χ0n) is 17.2. The number of amides is 1. The molecule has 0 spiro atoms. The minimum absolute atomic E-state index is 0.353. The highest BCUT2D eigenvalue weighted by Gasteiger charge is 2.20. The van der Waals surface area contributed by atoms with Crippen molar-refractivity contribution in [2.24, 2.45) is 0 Å². The fraction of sp³-hybridized carbons (Fsp3) is 0.391. The van der Waals surface area contributed by atoms with Gasteiger partial charge in [0.1, 0.15) is 0 Å². The van der Waals surface area contributed by atoms with Crippen LogP contribution in [0.25, 0.3) is 0 Å². The fourth-order valence-electron chi connectivity index (χ4n) is 3.23. The van der Waals surface area contributed by atoms with E-state index in [1.807, 2.05) is 44.2 Å². The Bertz CT molecular complexity index is 858. The number of carbonyl (C=O) groups is 2. The lowest BCUT2D eigenvalue weighted by atomic mass is 10.1. The molecule has 154 valence electrons. The first-order valence-corrected chi connectivity index (χ1v) is 9.90. The van der Waals surface area contributed by atoms with Gasteiger partial charge in [-0.15, -0.1) is 0 Å². The molecule has 1 amide bonds. The molecular formula is C23H28N2O4. The van der Waals surface area contributed by atoms with Gasteiger partial charge in [-0.2, -0.15) is 0 Å². The van der Waals surface area contributed by atoms with Gasteiger partial charge in [-0.05, 0) is 50.1 Å². The molecule has 2 aromatic carbocycles. The van der Waals surface area contributed by atoms with Gasteiger partial charge in [0.15, 0.2) is 6.10 Å². The van der Waals surface area contributed by atoms with E-state index in [1.54, 1.807) is 19.1 Å². The second-order valence-electron chi connectivity index (χ2n) is 7.44.